The SMILES string of the molecule is Cc1ccc(N2C(=O)c3cc(F)c(F)cc3C2=O)cc1O. The van der Waals surface area contributed by atoms with Crippen LogP contribution in [0.15, 0.2) is 30.3 Å². The molecule has 1 heterocycles. The number of hydrogen-bond acceptors (Lipinski definition) is 3. The monoisotopic (exact) mass is 289 g/mol. The molecular formula is C15H9F2NO3. The average Bonchev–Trinajstić information content (AvgIpc) is 2.66. The second kappa shape index (κ2) is 4.37. The van der Waals surface area contributed by atoms with E-state index in [1.807, 2.05) is 0 Å². The van der Waals surface area contributed by atoms with Crippen molar-refractivity contribution in [2.45, 2.75) is 6.92 Å². The third-order valence-electron chi connectivity index (χ3n) is 3.38. The van der Waals surface area contributed by atoms with Crippen LogP contribution in [0, 0.1) is 18.6 Å². The molecule has 6 heteroatoms. The summed E-state index contributed by atoms with van der Waals surface area (Å²) >= 11 is 0. The van der Waals surface area contributed by atoms with E-state index < -0.39 is 23.4 Å². The number of carbonyl (C=O) groups is 2. The van der Waals surface area contributed by atoms with Crippen molar-refractivity contribution >= 4 is 17.5 Å². The largest absolute Gasteiger partial charge is 0.508 e. The van der Waals surface area contributed by atoms with E-state index in [4.69, 9.17) is 0 Å². The Hall–Kier alpha value is -2.76. The van der Waals surface area contributed by atoms with Gasteiger partial charge in [0.1, 0.15) is 5.75 Å². The highest BCUT2D eigenvalue weighted by atomic mass is 19.2. The molecule has 106 valence electrons. The fraction of sp³-hybridized carbons (Fsp3) is 0.0667. The minimum atomic E-state index is -1.19. The van der Waals surface area contributed by atoms with E-state index in [0.717, 1.165) is 4.90 Å². The van der Waals surface area contributed by atoms with Crippen molar-refractivity contribution in [3.05, 3.63) is 58.7 Å². The summed E-state index contributed by atoms with van der Waals surface area (Å²) in [7, 11) is 0. The molecule has 0 radical (unpaired) electrons. The zero-order valence-corrected chi connectivity index (χ0v) is 10.9. The molecule has 3 rings (SSSR count). The first-order chi connectivity index (χ1) is 9.90. The fourth-order valence-corrected chi connectivity index (χ4v) is 2.21. The minimum Gasteiger partial charge on any atom is -0.508 e. The Labute approximate surface area is 118 Å². The van der Waals surface area contributed by atoms with Gasteiger partial charge < -0.3 is 5.11 Å². The van der Waals surface area contributed by atoms with Crippen LogP contribution in [0.25, 0.3) is 0 Å². The van der Waals surface area contributed by atoms with Crippen LogP contribution in [0.2, 0.25) is 0 Å². The molecule has 0 saturated carbocycles. The van der Waals surface area contributed by atoms with Gasteiger partial charge in [-0.1, -0.05) is 6.07 Å². The Kier molecular flexibility index (Phi) is 2.76. The van der Waals surface area contributed by atoms with Crippen LogP contribution in [0.4, 0.5) is 14.5 Å². The second-order valence-corrected chi connectivity index (χ2v) is 4.73. The van der Waals surface area contributed by atoms with Crippen LogP contribution in [-0.4, -0.2) is 16.9 Å². The van der Waals surface area contributed by atoms with Crippen molar-refractivity contribution in [3.8, 4) is 5.75 Å². The molecule has 0 saturated heterocycles. The van der Waals surface area contributed by atoms with Crippen LogP contribution in [0.1, 0.15) is 26.3 Å². The highest BCUT2D eigenvalue weighted by Crippen LogP contribution is 2.32. The van der Waals surface area contributed by atoms with Gasteiger partial charge >= 0.3 is 0 Å². The summed E-state index contributed by atoms with van der Waals surface area (Å²) in [6, 6.07) is 5.68. The lowest BCUT2D eigenvalue weighted by atomic mass is 10.1. The number of imide groups is 1. The number of aromatic hydroxyl groups is 1. The maximum absolute atomic E-state index is 13.2. The van der Waals surface area contributed by atoms with E-state index in [-0.39, 0.29) is 22.6 Å². The van der Waals surface area contributed by atoms with E-state index >= 15 is 0 Å². The molecule has 2 amide bonds. The van der Waals surface area contributed by atoms with Gasteiger partial charge in [0.25, 0.3) is 11.8 Å². The standard InChI is InChI=1S/C15H9F2NO3/c1-7-2-3-8(4-13(7)19)18-14(20)9-5-11(16)12(17)6-10(9)15(18)21/h2-6,19H,1H3. The van der Waals surface area contributed by atoms with Gasteiger partial charge in [-0.2, -0.15) is 0 Å². The summed E-state index contributed by atoms with van der Waals surface area (Å²) in [6.07, 6.45) is 0. The number of rotatable bonds is 1. The summed E-state index contributed by atoms with van der Waals surface area (Å²) in [6.45, 7) is 1.66. The number of hydrogen-bond donors (Lipinski definition) is 1. The molecule has 2 aromatic carbocycles. The number of nitrogens with zero attached hydrogens (tertiary/aromatic N) is 1. The summed E-state index contributed by atoms with van der Waals surface area (Å²) < 4.78 is 26.4. The molecule has 2 aromatic rings. The molecule has 0 unspecified atom stereocenters. The van der Waals surface area contributed by atoms with Gasteiger partial charge in [0.05, 0.1) is 16.8 Å². The molecule has 1 aliphatic rings. The topological polar surface area (TPSA) is 57.6 Å². The molecule has 4 nitrogen and oxygen atoms in total. The predicted molar refractivity (Wildman–Crippen MR) is 70.3 cm³/mol. The quantitative estimate of drug-likeness (QED) is 0.821. The number of aryl methyl sites for hydroxylation is 1. The maximum atomic E-state index is 13.2. The van der Waals surface area contributed by atoms with E-state index in [0.29, 0.717) is 17.7 Å². The average molecular weight is 289 g/mol. The molecule has 0 atom stereocenters. The first-order valence-electron chi connectivity index (χ1n) is 6.07. The molecule has 0 aromatic heterocycles. The summed E-state index contributed by atoms with van der Waals surface area (Å²) in [5.74, 6) is -3.97. The van der Waals surface area contributed by atoms with Crippen molar-refractivity contribution < 1.29 is 23.5 Å². The highest BCUT2D eigenvalue weighted by molar-refractivity contribution is 6.34. The molecule has 0 spiro atoms. The van der Waals surface area contributed by atoms with Gasteiger partial charge in [-0.25, -0.2) is 13.7 Å². The van der Waals surface area contributed by atoms with E-state index in [2.05, 4.69) is 0 Å². The van der Waals surface area contributed by atoms with Crippen molar-refractivity contribution in [2.75, 3.05) is 4.90 Å². The Morgan fingerprint density at radius 3 is 1.95 bits per heavy atom. The number of phenolic OH excluding ortho intramolecular Hbond substituents is 1. The first kappa shape index (κ1) is 13.2. The van der Waals surface area contributed by atoms with Crippen molar-refractivity contribution in [2.24, 2.45) is 0 Å². The zero-order valence-electron chi connectivity index (χ0n) is 10.9. The Balaban J connectivity index is 2.13. The van der Waals surface area contributed by atoms with E-state index in [9.17, 15) is 23.5 Å². The molecule has 21 heavy (non-hydrogen) atoms. The molecule has 0 aliphatic carbocycles. The number of carbonyl (C=O) groups excluding carboxylic acids is 2. The predicted octanol–water partition coefficient (Wildman–Crippen LogP) is 2.78. The van der Waals surface area contributed by atoms with E-state index in [1.165, 1.54) is 18.2 Å². The normalized spacial score (nSPS) is 13.8. The summed E-state index contributed by atoms with van der Waals surface area (Å²) in [5, 5.41) is 9.67. The highest BCUT2D eigenvalue weighted by Gasteiger charge is 2.38. The molecule has 0 bridgehead atoms. The lowest BCUT2D eigenvalue weighted by Crippen LogP contribution is -2.29. The number of amides is 2. The Morgan fingerprint density at radius 2 is 1.48 bits per heavy atom. The molecule has 0 fully saturated rings. The zero-order chi connectivity index (χ0) is 15.3. The van der Waals surface area contributed by atoms with Crippen LogP contribution in [-0.2, 0) is 0 Å². The van der Waals surface area contributed by atoms with Gasteiger partial charge in [0.2, 0.25) is 0 Å². The van der Waals surface area contributed by atoms with Crippen molar-refractivity contribution in [3.63, 3.8) is 0 Å². The molecular weight excluding hydrogens is 280 g/mol. The lowest BCUT2D eigenvalue weighted by molar-refractivity contribution is 0.0926. The van der Waals surface area contributed by atoms with Crippen molar-refractivity contribution in [1.82, 2.24) is 0 Å². The fourth-order valence-electron chi connectivity index (χ4n) is 2.21. The third-order valence-corrected chi connectivity index (χ3v) is 3.38. The smallest absolute Gasteiger partial charge is 0.266 e. The van der Waals surface area contributed by atoms with Crippen molar-refractivity contribution in [1.29, 1.82) is 0 Å². The number of fused-ring (bicyclic) bond motifs is 1. The maximum Gasteiger partial charge on any atom is 0.266 e. The van der Waals surface area contributed by atoms with Gasteiger partial charge in [0, 0.05) is 6.07 Å². The van der Waals surface area contributed by atoms with E-state index in [1.54, 1.807) is 6.92 Å². The van der Waals surface area contributed by atoms with Crippen LogP contribution in [0.5, 0.6) is 5.75 Å². The molecule has 1 aliphatic heterocycles. The molecule has 1 N–H and O–H groups in total. The van der Waals surface area contributed by atoms with Gasteiger partial charge in [0.15, 0.2) is 11.6 Å². The van der Waals surface area contributed by atoms with Crippen LogP contribution < -0.4 is 4.90 Å². The van der Waals surface area contributed by atoms with Gasteiger partial charge in [-0.15, -0.1) is 0 Å². The third kappa shape index (κ3) is 1.87. The second-order valence-electron chi connectivity index (χ2n) is 4.73. The van der Waals surface area contributed by atoms with Gasteiger partial charge in [-0.3, -0.25) is 9.59 Å². The Bertz CT molecular complexity index is 761. The van der Waals surface area contributed by atoms with Gasteiger partial charge in [-0.05, 0) is 30.7 Å². The first-order valence-corrected chi connectivity index (χ1v) is 6.07. The number of halogens is 2. The minimum absolute atomic E-state index is 0.0820. The summed E-state index contributed by atoms with van der Waals surface area (Å²) in [5.41, 5.74) is 0.329. The van der Waals surface area contributed by atoms with Crippen LogP contribution >= 0.6 is 0 Å². The summed E-state index contributed by atoms with van der Waals surface area (Å²) in [4.78, 5) is 25.2. The number of benzene rings is 2. The number of anilines is 1. The Morgan fingerprint density at radius 1 is 0.952 bits per heavy atom. The lowest BCUT2D eigenvalue weighted by Gasteiger charge is -2.14. The number of phenols is 1. The van der Waals surface area contributed by atoms with Crippen LogP contribution in [0.3, 0.4) is 0 Å².